The molecule has 0 atom stereocenters. The van der Waals surface area contributed by atoms with Crippen molar-refractivity contribution in [3.8, 4) is 5.75 Å². The van der Waals surface area contributed by atoms with Crippen LogP contribution in [0.5, 0.6) is 5.75 Å². The summed E-state index contributed by atoms with van der Waals surface area (Å²) in [5.41, 5.74) is 0.273. The number of fused-ring (bicyclic) bond motifs is 1. The molecule has 0 aliphatic rings. The predicted octanol–water partition coefficient (Wildman–Crippen LogP) is 4.26. The van der Waals surface area contributed by atoms with Crippen LogP contribution in [0.15, 0.2) is 68.8 Å². The lowest BCUT2D eigenvalue weighted by Gasteiger charge is -2.03. The number of methoxy groups -OCH3 is 1. The maximum atomic E-state index is 12.5. The van der Waals surface area contributed by atoms with Gasteiger partial charge in [0.05, 0.1) is 12.1 Å². The van der Waals surface area contributed by atoms with Crippen LogP contribution >= 0.6 is 11.6 Å². The molecule has 0 N–H and O–H groups in total. The fourth-order valence-electron chi connectivity index (χ4n) is 2.27. The molecule has 1 heterocycles. The quantitative estimate of drug-likeness (QED) is 0.404. The number of Topliss-reactive ketones (excluding diaryl/α,β-unsaturated/α-hetero) is 1. The minimum Gasteiger partial charge on any atom is -0.497 e. The van der Waals surface area contributed by atoms with Crippen LogP contribution in [0.1, 0.15) is 15.9 Å². The molecular weight excluding hydrogens is 328 g/mol. The molecule has 0 radical (unpaired) electrons. The Kier molecular flexibility index (Phi) is 4.49. The first kappa shape index (κ1) is 16.0. The summed E-state index contributed by atoms with van der Waals surface area (Å²) in [4.78, 5) is 24.6. The fraction of sp³-hybridized carbons (Fsp3) is 0.0526. The smallest absolute Gasteiger partial charge is 0.347 e. The Morgan fingerprint density at radius 3 is 2.58 bits per heavy atom. The Labute approximate surface area is 142 Å². The Balaban J connectivity index is 2.02. The molecule has 0 aliphatic heterocycles. The van der Waals surface area contributed by atoms with Crippen molar-refractivity contribution < 1.29 is 13.9 Å². The highest BCUT2D eigenvalue weighted by molar-refractivity contribution is 6.47. The summed E-state index contributed by atoms with van der Waals surface area (Å²) in [5.74, 6) is -0.0151. The number of hydrogen-bond donors (Lipinski definition) is 0. The Morgan fingerprint density at radius 1 is 1.12 bits per heavy atom. The number of halogens is 1. The molecule has 0 spiro atoms. The van der Waals surface area contributed by atoms with E-state index >= 15 is 0 Å². The molecule has 0 unspecified atom stereocenters. The van der Waals surface area contributed by atoms with Crippen molar-refractivity contribution in [1.82, 2.24) is 0 Å². The van der Waals surface area contributed by atoms with Crippen molar-refractivity contribution in [2.45, 2.75) is 0 Å². The molecule has 0 saturated carbocycles. The minimum atomic E-state index is -0.736. The van der Waals surface area contributed by atoms with E-state index in [0.717, 1.165) is 5.56 Å². The SMILES string of the molecule is COc1ccc2cc(C(=O)/C(Cl)=C\c3ccccc3)c(=O)oc2c1. The van der Waals surface area contributed by atoms with Gasteiger partial charge in [0.25, 0.3) is 0 Å². The molecule has 0 saturated heterocycles. The standard InChI is InChI=1S/C19H13ClO4/c1-23-14-8-7-13-10-15(19(22)24-17(13)11-14)18(21)16(20)9-12-5-3-2-4-6-12/h2-11H,1H3/b16-9+. The third kappa shape index (κ3) is 3.24. The topological polar surface area (TPSA) is 56.5 Å². The lowest BCUT2D eigenvalue weighted by Crippen LogP contribution is -2.14. The van der Waals surface area contributed by atoms with Crippen LogP contribution in [-0.4, -0.2) is 12.9 Å². The molecule has 5 heteroatoms. The van der Waals surface area contributed by atoms with E-state index in [1.54, 1.807) is 18.2 Å². The minimum absolute atomic E-state index is 0.0543. The Bertz CT molecular complexity index is 987. The summed E-state index contributed by atoms with van der Waals surface area (Å²) in [5, 5.41) is 0.560. The van der Waals surface area contributed by atoms with E-state index in [1.807, 2.05) is 30.3 Å². The van der Waals surface area contributed by atoms with Crippen molar-refractivity contribution >= 4 is 34.4 Å². The van der Waals surface area contributed by atoms with Gasteiger partial charge < -0.3 is 9.15 Å². The number of carbonyl (C=O) groups is 1. The fourth-order valence-corrected chi connectivity index (χ4v) is 2.49. The van der Waals surface area contributed by atoms with E-state index in [9.17, 15) is 9.59 Å². The number of ether oxygens (including phenoxy) is 1. The summed E-state index contributed by atoms with van der Waals surface area (Å²) in [6.07, 6.45) is 1.52. The molecule has 0 amide bonds. The maximum Gasteiger partial charge on any atom is 0.347 e. The molecular formula is C19H13ClO4. The molecule has 0 aliphatic carbocycles. The van der Waals surface area contributed by atoms with Crippen molar-refractivity contribution in [2.24, 2.45) is 0 Å². The third-order valence-electron chi connectivity index (χ3n) is 3.50. The number of ketones is 1. The molecule has 3 aromatic rings. The first-order chi connectivity index (χ1) is 11.6. The zero-order chi connectivity index (χ0) is 17.1. The first-order valence-electron chi connectivity index (χ1n) is 7.17. The first-order valence-corrected chi connectivity index (χ1v) is 7.55. The number of rotatable bonds is 4. The van der Waals surface area contributed by atoms with Crippen LogP contribution in [0.3, 0.4) is 0 Å². The lowest BCUT2D eigenvalue weighted by atomic mass is 10.1. The van der Waals surface area contributed by atoms with Crippen molar-refractivity contribution in [3.05, 3.63) is 81.2 Å². The largest absolute Gasteiger partial charge is 0.497 e. The van der Waals surface area contributed by atoms with Gasteiger partial charge in [-0.3, -0.25) is 4.79 Å². The highest BCUT2D eigenvalue weighted by atomic mass is 35.5. The lowest BCUT2D eigenvalue weighted by molar-refractivity contribution is 0.104. The molecule has 0 bridgehead atoms. The maximum absolute atomic E-state index is 12.5. The molecule has 120 valence electrons. The molecule has 24 heavy (non-hydrogen) atoms. The zero-order valence-corrected chi connectivity index (χ0v) is 13.5. The summed E-state index contributed by atoms with van der Waals surface area (Å²) in [6.45, 7) is 0. The zero-order valence-electron chi connectivity index (χ0n) is 12.8. The Hall–Kier alpha value is -2.85. The average molecular weight is 341 g/mol. The highest BCUT2D eigenvalue weighted by Crippen LogP contribution is 2.22. The van der Waals surface area contributed by atoms with E-state index in [0.29, 0.717) is 16.7 Å². The van der Waals surface area contributed by atoms with Gasteiger partial charge in [-0.05, 0) is 29.8 Å². The second-order valence-corrected chi connectivity index (χ2v) is 5.49. The van der Waals surface area contributed by atoms with Gasteiger partial charge in [0, 0.05) is 11.5 Å². The van der Waals surface area contributed by atoms with Gasteiger partial charge in [-0.2, -0.15) is 0 Å². The van der Waals surface area contributed by atoms with Crippen LogP contribution in [0.4, 0.5) is 0 Å². The van der Waals surface area contributed by atoms with Crippen molar-refractivity contribution in [3.63, 3.8) is 0 Å². The highest BCUT2D eigenvalue weighted by Gasteiger charge is 2.17. The van der Waals surface area contributed by atoms with Crippen LogP contribution in [0, 0.1) is 0 Å². The summed E-state index contributed by atoms with van der Waals surface area (Å²) < 4.78 is 10.3. The van der Waals surface area contributed by atoms with Crippen LogP contribution in [-0.2, 0) is 0 Å². The van der Waals surface area contributed by atoms with Crippen molar-refractivity contribution in [2.75, 3.05) is 7.11 Å². The van der Waals surface area contributed by atoms with E-state index in [2.05, 4.69) is 0 Å². The van der Waals surface area contributed by atoms with Crippen LogP contribution in [0.2, 0.25) is 0 Å². The van der Waals surface area contributed by atoms with Gasteiger partial charge in [0.15, 0.2) is 0 Å². The van der Waals surface area contributed by atoms with Crippen molar-refractivity contribution in [1.29, 1.82) is 0 Å². The van der Waals surface area contributed by atoms with Crippen LogP contribution < -0.4 is 10.4 Å². The van der Waals surface area contributed by atoms with E-state index in [4.69, 9.17) is 20.8 Å². The third-order valence-corrected chi connectivity index (χ3v) is 3.78. The van der Waals surface area contributed by atoms with Gasteiger partial charge >= 0.3 is 5.63 Å². The van der Waals surface area contributed by atoms with E-state index in [-0.39, 0.29) is 10.6 Å². The number of hydrogen-bond acceptors (Lipinski definition) is 4. The van der Waals surface area contributed by atoms with Gasteiger partial charge in [0.2, 0.25) is 5.78 Å². The Morgan fingerprint density at radius 2 is 1.88 bits per heavy atom. The molecule has 0 fully saturated rings. The number of allylic oxidation sites excluding steroid dienone is 1. The molecule has 1 aromatic heterocycles. The average Bonchev–Trinajstić information content (AvgIpc) is 2.60. The number of carbonyl (C=O) groups excluding carboxylic acids is 1. The van der Waals surface area contributed by atoms with E-state index < -0.39 is 11.4 Å². The monoisotopic (exact) mass is 340 g/mol. The van der Waals surface area contributed by atoms with Gasteiger partial charge in [-0.15, -0.1) is 0 Å². The summed E-state index contributed by atoms with van der Waals surface area (Å²) in [6, 6.07) is 15.6. The summed E-state index contributed by atoms with van der Waals surface area (Å²) in [7, 11) is 1.52. The number of benzene rings is 2. The normalized spacial score (nSPS) is 11.5. The van der Waals surface area contributed by atoms with Crippen LogP contribution in [0.25, 0.3) is 17.0 Å². The molecule has 4 nitrogen and oxygen atoms in total. The summed E-state index contributed by atoms with van der Waals surface area (Å²) >= 11 is 6.08. The second kappa shape index (κ2) is 6.72. The van der Waals surface area contributed by atoms with E-state index in [1.165, 1.54) is 19.3 Å². The van der Waals surface area contributed by atoms with Gasteiger partial charge in [-0.1, -0.05) is 41.9 Å². The van der Waals surface area contributed by atoms with Gasteiger partial charge in [0.1, 0.15) is 16.9 Å². The molecule has 2 aromatic carbocycles. The molecule has 3 rings (SSSR count). The van der Waals surface area contributed by atoms with Gasteiger partial charge in [-0.25, -0.2) is 4.79 Å². The second-order valence-electron chi connectivity index (χ2n) is 5.08. The predicted molar refractivity (Wildman–Crippen MR) is 93.6 cm³/mol.